The zero-order valence-corrected chi connectivity index (χ0v) is 18.5. The van der Waals surface area contributed by atoms with Crippen molar-refractivity contribution in [3.05, 3.63) is 27.7 Å². The summed E-state index contributed by atoms with van der Waals surface area (Å²) in [5.74, 6) is -0.225. The lowest BCUT2D eigenvalue weighted by Gasteiger charge is -2.32. The number of piperidine rings is 1. The Balaban J connectivity index is 1.71. The van der Waals surface area contributed by atoms with Gasteiger partial charge in [0.15, 0.2) is 0 Å². The molecule has 28 heavy (non-hydrogen) atoms. The fraction of sp³-hybridized carbons (Fsp3) is 0.632. The van der Waals surface area contributed by atoms with Crippen LogP contribution in [0.2, 0.25) is 10.0 Å². The quantitative estimate of drug-likeness (QED) is 0.671. The Kier molecular flexibility index (Phi) is 6.92. The van der Waals surface area contributed by atoms with Crippen molar-refractivity contribution < 1.29 is 13.2 Å². The number of sulfonamides is 1. The maximum atomic E-state index is 12.8. The second-order valence-corrected chi connectivity index (χ2v) is 10.6. The first-order chi connectivity index (χ1) is 13.2. The fourth-order valence-corrected chi connectivity index (χ4v) is 5.45. The van der Waals surface area contributed by atoms with Crippen molar-refractivity contribution in [2.24, 2.45) is 5.92 Å². The summed E-state index contributed by atoms with van der Waals surface area (Å²) in [6, 6.07) is 3.38. The maximum absolute atomic E-state index is 12.8. The molecule has 2 fully saturated rings. The minimum Gasteiger partial charge on any atom is -0.349 e. The Morgan fingerprint density at radius 2 is 1.79 bits per heavy atom. The van der Waals surface area contributed by atoms with Gasteiger partial charge in [-0.15, -0.1) is 0 Å². The number of carbonyl (C=O) groups excluding carboxylic acids is 1. The molecule has 0 spiro atoms. The van der Waals surface area contributed by atoms with Crippen LogP contribution in [0.4, 0.5) is 0 Å². The summed E-state index contributed by atoms with van der Waals surface area (Å²) >= 11 is 12.3. The SMILES string of the molecule is CC(C)CNS(=O)(=O)c1cc(C(=O)NC2CCN(C3CC3)CC2)c(Cl)cc1Cl. The van der Waals surface area contributed by atoms with Gasteiger partial charge in [-0.1, -0.05) is 37.0 Å². The van der Waals surface area contributed by atoms with E-state index in [9.17, 15) is 13.2 Å². The standard InChI is InChI=1S/C19H27Cl2N3O3S/c1-12(2)11-22-28(26,27)18-9-15(16(20)10-17(18)21)19(25)23-13-5-7-24(8-6-13)14-3-4-14/h9-10,12-14,22H,3-8,11H2,1-2H3,(H,23,25). The van der Waals surface area contributed by atoms with Gasteiger partial charge in [0, 0.05) is 31.7 Å². The van der Waals surface area contributed by atoms with Crippen LogP contribution in [0.15, 0.2) is 17.0 Å². The molecule has 0 unspecified atom stereocenters. The summed E-state index contributed by atoms with van der Waals surface area (Å²) in [5, 5.41) is 3.13. The van der Waals surface area contributed by atoms with Crippen LogP contribution in [0.3, 0.4) is 0 Å². The number of amides is 1. The first-order valence-corrected chi connectivity index (χ1v) is 11.9. The lowest BCUT2D eigenvalue weighted by atomic mass is 10.0. The number of hydrogen-bond acceptors (Lipinski definition) is 4. The van der Waals surface area contributed by atoms with Crippen molar-refractivity contribution >= 4 is 39.1 Å². The van der Waals surface area contributed by atoms with Crippen LogP contribution in [0, 0.1) is 5.92 Å². The normalized spacial score (nSPS) is 19.2. The highest BCUT2D eigenvalue weighted by molar-refractivity contribution is 7.89. The molecule has 0 radical (unpaired) electrons. The van der Waals surface area contributed by atoms with Crippen LogP contribution < -0.4 is 10.0 Å². The zero-order chi connectivity index (χ0) is 20.5. The molecule has 0 bridgehead atoms. The first kappa shape index (κ1) is 21.8. The molecule has 6 nitrogen and oxygen atoms in total. The molecule has 1 amide bonds. The van der Waals surface area contributed by atoms with Gasteiger partial charge in [0.2, 0.25) is 10.0 Å². The van der Waals surface area contributed by atoms with E-state index in [4.69, 9.17) is 23.2 Å². The van der Waals surface area contributed by atoms with Crippen molar-refractivity contribution in [2.75, 3.05) is 19.6 Å². The van der Waals surface area contributed by atoms with Crippen molar-refractivity contribution in [2.45, 2.75) is 56.5 Å². The molecule has 1 aliphatic carbocycles. The van der Waals surface area contributed by atoms with Gasteiger partial charge in [-0.3, -0.25) is 4.79 Å². The summed E-state index contributed by atoms with van der Waals surface area (Å²) in [6.45, 7) is 6.03. The third kappa shape index (κ3) is 5.39. The Hall–Kier alpha value is -0.860. The Morgan fingerprint density at radius 1 is 1.14 bits per heavy atom. The Labute approximate surface area is 177 Å². The van der Waals surface area contributed by atoms with Crippen LogP contribution in [0.1, 0.15) is 49.9 Å². The molecule has 1 aliphatic heterocycles. The van der Waals surface area contributed by atoms with Gasteiger partial charge < -0.3 is 10.2 Å². The van der Waals surface area contributed by atoms with Gasteiger partial charge in [-0.25, -0.2) is 13.1 Å². The van der Waals surface area contributed by atoms with Crippen LogP contribution in [-0.4, -0.2) is 50.9 Å². The van der Waals surface area contributed by atoms with Gasteiger partial charge in [0.05, 0.1) is 15.6 Å². The van der Waals surface area contributed by atoms with Gasteiger partial charge in [-0.05, 0) is 43.7 Å². The van der Waals surface area contributed by atoms with Crippen LogP contribution in [0.5, 0.6) is 0 Å². The predicted octanol–water partition coefficient (Wildman–Crippen LogP) is 3.28. The van der Waals surface area contributed by atoms with Crippen LogP contribution in [0.25, 0.3) is 0 Å². The lowest BCUT2D eigenvalue weighted by Crippen LogP contribution is -2.45. The molecule has 2 N–H and O–H groups in total. The number of halogens is 2. The monoisotopic (exact) mass is 447 g/mol. The second kappa shape index (κ2) is 8.88. The third-order valence-electron chi connectivity index (χ3n) is 5.17. The van der Waals surface area contributed by atoms with Crippen LogP contribution in [-0.2, 0) is 10.0 Å². The minimum absolute atomic E-state index is 0.00412. The summed E-state index contributed by atoms with van der Waals surface area (Å²) < 4.78 is 27.6. The second-order valence-electron chi connectivity index (χ2n) is 8.02. The van der Waals surface area contributed by atoms with Gasteiger partial charge in [0.1, 0.15) is 4.90 Å². The number of likely N-dealkylation sites (tertiary alicyclic amines) is 1. The largest absolute Gasteiger partial charge is 0.349 e. The minimum atomic E-state index is -3.83. The van der Waals surface area contributed by atoms with E-state index in [1.165, 1.54) is 25.0 Å². The van der Waals surface area contributed by atoms with E-state index >= 15 is 0 Å². The third-order valence-corrected chi connectivity index (χ3v) is 7.37. The van der Waals surface area contributed by atoms with E-state index in [0.29, 0.717) is 0 Å². The summed E-state index contributed by atoms with van der Waals surface area (Å²) in [4.78, 5) is 15.1. The highest BCUT2D eigenvalue weighted by Crippen LogP contribution is 2.31. The number of rotatable bonds is 7. The first-order valence-electron chi connectivity index (χ1n) is 9.71. The van der Waals surface area contributed by atoms with E-state index in [2.05, 4.69) is 14.9 Å². The fourth-order valence-electron chi connectivity index (χ4n) is 3.37. The summed E-state index contributed by atoms with van der Waals surface area (Å²) in [5.41, 5.74) is 0.126. The van der Waals surface area contributed by atoms with E-state index in [0.717, 1.165) is 32.0 Å². The van der Waals surface area contributed by atoms with Crippen molar-refractivity contribution in [1.29, 1.82) is 0 Å². The van der Waals surface area contributed by atoms with Crippen molar-refractivity contribution in [3.8, 4) is 0 Å². The average molecular weight is 448 g/mol. The molecule has 3 rings (SSSR count). The molecule has 1 aromatic rings. The van der Waals surface area contributed by atoms with E-state index in [1.807, 2.05) is 13.8 Å². The molecule has 1 saturated carbocycles. The van der Waals surface area contributed by atoms with E-state index < -0.39 is 10.0 Å². The van der Waals surface area contributed by atoms with Gasteiger partial charge in [-0.2, -0.15) is 0 Å². The molecule has 9 heteroatoms. The molecule has 0 atom stereocenters. The number of carbonyl (C=O) groups is 1. The zero-order valence-electron chi connectivity index (χ0n) is 16.2. The molecule has 1 aromatic carbocycles. The Bertz CT molecular complexity index is 833. The summed E-state index contributed by atoms with van der Waals surface area (Å²) in [6.07, 6.45) is 4.32. The van der Waals surface area contributed by atoms with Crippen molar-refractivity contribution in [3.63, 3.8) is 0 Å². The molecule has 2 aliphatic rings. The topological polar surface area (TPSA) is 78.5 Å². The molecule has 1 heterocycles. The van der Waals surface area contributed by atoms with Crippen molar-refractivity contribution in [1.82, 2.24) is 14.9 Å². The highest BCUT2D eigenvalue weighted by atomic mass is 35.5. The smallest absolute Gasteiger partial charge is 0.253 e. The Morgan fingerprint density at radius 3 is 2.36 bits per heavy atom. The molecular weight excluding hydrogens is 421 g/mol. The van der Waals surface area contributed by atoms with E-state index in [1.54, 1.807) is 0 Å². The number of benzene rings is 1. The number of nitrogens with one attached hydrogen (secondary N) is 2. The highest BCUT2D eigenvalue weighted by Gasteiger charge is 2.32. The van der Waals surface area contributed by atoms with Crippen LogP contribution >= 0.6 is 23.2 Å². The average Bonchev–Trinajstić information content (AvgIpc) is 3.45. The number of nitrogens with zero attached hydrogens (tertiary/aromatic N) is 1. The van der Waals surface area contributed by atoms with Gasteiger partial charge in [0.25, 0.3) is 5.91 Å². The molecule has 156 valence electrons. The number of hydrogen-bond donors (Lipinski definition) is 2. The van der Waals surface area contributed by atoms with Gasteiger partial charge >= 0.3 is 0 Å². The van der Waals surface area contributed by atoms with E-state index in [-0.39, 0.29) is 44.9 Å². The summed E-state index contributed by atoms with van der Waals surface area (Å²) in [7, 11) is -3.83. The predicted molar refractivity (Wildman–Crippen MR) is 112 cm³/mol. The molecular formula is C19H27Cl2N3O3S. The lowest BCUT2D eigenvalue weighted by molar-refractivity contribution is 0.0909. The molecule has 1 saturated heterocycles. The maximum Gasteiger partial charge on any atom is 0.253 e. The molecule has 0 aromatic heterocycles.